The van der Waals surface area contributed by atoms with Crippen molar-refractivity contribution in [2.75, 3.05) is 11.5 Å². The number of imidazole rings is 2. The second-order valence-electron chi connectivity index (χ2n) is 13.6. The number of hydrogen-bond donors (Lipinski definition) is 2. The lowest BCUT2D eigenvalue weighted by Gasteiger charge is -2.32. The molecule has 52 heavy (non-hydrogen) atoms. The molecule has 0 amide bonds. The third kappa shape index (κ3) is 6.75. The summed E-state index contributed by atoms with van der Waals surface area (Å²) in [5, 5.41) is 3.22. The van der Waals surface area contributed by atoms with Crippen molar-refractivity contribution in [2.24, 2.45) is 5.41 Å². The summed E-state index contributed by atoms with van der Waals surface area (Å²) in [6.45, 7) is 23.8. The molecule has 0 saturated carbocycles. The highest BCUT2D eigenvalue weighted by Gasteiger charge is 2.34. The highest BCUT2D eigenvalue weighted by atomic mass is 15.1. The van der Waals surface area contributed by atoms with Gasteiger partial charge in [0.1, 0.15) is 22.7 Å². The zero-order chi connectivity index (χ0) is 37.0. The van der Waals surface area contributed by atoms with Crippen molar-refractivity contribution in [1.82, 2.24) is 29.1 Å². The van der Waals surface area contributed by atoms with Gasteiger partial charge in [0.2, 0.25) is 0 Å². The molecule has 0 radical (unpaired) electrons. The highest BCUT2D eigenvalue weighted by Crippen LogP contribution is 2.39. The van der Waals surface area contributed by atoms with E-state index in [2.05, 4.69) is 105 Å². The van der Waals surface area contributed by atoms with Crippen LogP contribution in [0.5, 0.6) is 0 Å². The number of benzene rings is 2. The number of nitrogens with two attached hydrogens (primary N) is 2. The van der Waals surface area contributed by atoms with Crippen LogP contribution in [0.1, 0.15) is 49.5 Å². The highest BCUT2D eigenvalue weighted by molar-refractivity contribution is 5.88. The van der Waals surface area contributed by atoms with Crippen LogP contribution >= 0.6 is 0 Å². The van der Waals surface area contributed by atoms with Gasteiger partial charge in [0.25, 0.3) is 0 Å². The summed E-state index contributed by atoms with van der Waals surface area (Å²) in [5.74, 6) is 2.48. The largest absolute Gasteiger partial charge is 0.382 e. The molecule has 2 aromatic carbocycles. The number of anilines is 2. The lowest BCUT2D eigenvalue weighted by Crippen LogP contribution is -2.32. The fourth-order valence-corrected chi connectivity index (χ4v) is 6.88. The summed E-state index contributed by atoms with van der Waals surface area (Å²) >= 11 is 0. The number of nitrogens with zero attached hydrogens (tertiary/aromatic N) is 6. The Labute approximate surface area is 304 Å². The fraction of sp³-hybridized carbons (Fsp3) is 0.182. The van der Waals surface area contributed by atoms with Crippen molar-refractivity contribution in [3.05, 3.63) is 155 Å². The van der Waals surface area contributed by atoms with E-state index < -0.39 is 0 Å². The first-order valence-electron chi connectivity index (χ1n) is 17.4. The standard InChI is InChI=1S/C44H46N8/c1-8-18-32-34(20-10-3)47-41(45)37-39(32)51(27-30-22-14-12-15-23-30)36(49-37)26-44(6,7)29(5)43-50-38-40(52(43)28-31-24-16-13-17-25-31)33(19-9-2)35(21-11-4)48-42(38)46/h8-25,29H,1-4,26-28H2,5-7H3,(H2,45,47)(H2,46,48)/b32-18+,33-19+,34-20+,35-21+. The molecule has 6 aromatic rings. The molecule has 1 atom stereocenters. The molecule has 0 aliphatic rings. The third-order valence-corrected chi connectivity index (χ3v) is 9.73. The summed E-state index contributed by atoms with van der Waals surface area (Å²) in [4.78, 5) is 20.0. The molecule has 4 heterocycles. The fourth-order valence-electron chi connectivity index (χ4n) is 6.88. The molecule has 0 spiro atoms. The quantitative estimate of drug-likeness (QED) is 0.172. The maximum atomic E-state index is 6.65. The lowest BCUT2D eigenvalue weighted by atomic mass is 9.76. The number of fused-ring (bicyclic) bond motifs is 2. The molecule has 0 fully saturated rings. The molecule has 0 aliphatic heterocycles. The van der Waals surface area contributed by atoms with Gasteiger partial charge in [-0.25, -0.2) is 19.9 Å². The molecule has 8 heteroatoms. The van der Waals surface area contributed by atoms with Gasteiger partial charge >= 0.3 is 0 Å². The number of pyridine rings is 2. The molecule has 0 bridgehead atoms. The molecule has 6 rings (SSSR count). The van der Waals surface area contributed by atoms with Crippen molar-refractivity contribution in [3.8, 4) is 0 Å². The van der Waals surface area contributed by atoms with E-state index in [1.165, 1.54) is 0 Å². The summed E-state index contributed by atoms with van der Waals surface area (Å²) in [7, 11) is 0. The maximum Gasteiger partial charge on any atom is 0.152 e. The maximum absolute atomic E-state index is 6.65. The van der Waals surface area contributed by atoms with Crippen LogP contribution in [-0.2, 0) is 19.5 Å². The SMILES string of the molecule is C=C/C=c1\c(=C/C=C)nc(N)c2nc(CC(C)(C)C(C)c3nc4c(N)nc(=C/C=C)/c(=C\C=C)c4n3Cc3ccccc3)n(Cc3ccccc3)c12. The van der Waals surface area contributed by atoms with E-state index in [4.69, 9.17) is 31.4 Å². The second-order valence-corrected chi connectivity index (χ2v) is 13.6. The minimum absolute atomic E-state index is 0.0595. The number of rotatable bonds is 12. The van der Waals surface area contributed by atoms with Crippen LogP contribution < -0.4 is 32.6 Å². The van der Waals surface area contributed by atoms with Crippen LogP contribution in [0.15, 0.2) is 111 Å². The molecule has 8 nitrogen and oxygen atoms in total. The molecular weight excluding hydrogens is 641 g/mol. The minimum atomic E-state index is -0.354. The molecule has 0 aliphatic carbocycles. The van der Waals surface area contributed by atoms with Gasteiger partial charge in [-0.2, -0.15) is 0 Å². The van der Waals surface area contributed by atoms with E-state index in [-0.39, 0.29) is 11.3 Å². The smallest absolute Gasteiger partial charge is 0.152 e. The number of aromatic nitrogens is 6. The molecule has 0 saturated heterocycles. The Balaban J connectivity index is 1.58. The van der Waals surface area contributed by atoms with Gasteiger partial charge in [-0.1, -0.05) is 144 Å². The van der Waals surface area contributed by atoms with Crippen LogP contribution in [0.25, 0.3) is 46.4 Å². The first-order valence-corrected chi connectivity index (χ1v) is 17.4. The van der Waals surface area contributed by atoms with E-state index >= 15 is 0 Å². The Morgan fingerprint density at radius 2 is 1.08 bits per heavy atom. The van der Waals surface area contributed by atoms with Crippen LogP contribution in [-0.4, -0.2) is 29.1 Å². The van der Waals surface area contributed by atoms with Crippen molar-refractivity contribution < 1.29 is 0 Å². The van der Waals surface area contributed by atoms with Gasteiger partial charge < -0.3 is 20.6 Å². The molecular formula is C44H46N8. The van der Waals surface area contributed by atoms with Gasteiger partial charge in [-0.15, -0.1) is 0 Å². The van der Waals surface area contributed by atoms with E-state index in [1.807, 2.05) is 36.4 Å². The second kappa shape index (κ2) is 14.9. The van der Waals surface area contributed by atoms with Crippen molar-refractivity contribution >= 4 is 58.0 Å². The lowest BCUT2D eigenvalue weighted by molar-refractivity contribution is 0.276. The first-order chi connectivity index (χ1) is 25.1. The average Bonchev–Trinajstić information content (AvgIpc) is 3.67. The van der Waals surface area contributed by atoms with Gasteiger partial charge in [-0.3, -0.25) is 0 Å². The Hall–Kier alpha value is -6.28. The van der Waals surface area contributed by atoms with Gasteiger partial charge in [0.15, 0.2) is 11.6 Å². The normalized spacial score (nSPS) is 14.0. The zero-order valence-corrected chi connectivity index (χ0v) is 30.3. The summed E-state index contributed by atoms with van der Waals surface area (Å²) in [5.41, 5.74) is 18.4. The Morgan fingerprint density at radius 1 is 0.635 bits per heavy atom. The van der Waals surface area contributed by atoms with Crippen molar-refractivity contribution in [1.29, 1.82) is 0 Å². The molecule has 4 aromatic heterocycles. The van der Waals surface area contributed by atoms with E-state index in [0.717, 1.165) is 44.2 Å². The monoisotopic (exact) mass is 686 g/mol. The van der Waals surface area contributed by atoms with Crippen LogP contribution in [0.2, 0.25) is 0 Å². The van der Waals surface area contributed by atoms with Gasteiger partial charge in [0, 0.05) is 35.9 Å². The number of nitrogen functional groups attached to an aromatic ring is 2. The molecule has 262 valence electrons. The summed E-state index contributed by atoms with van der Waals surface area (Å²) in [6.07, 6.45) is 15.3. The Bertz CT molecular complexity index is 2570. The Kier molecular flexibility index (Phi) is 10.2. The van der Waals surface area contributed by atoms with Crippen LogP contribution in [0.4, 0.5) is 11.6 Å². The predicted molar refractivity (Wildman–Crippen MR) is 218 cm³/mol. The average molecular weight is 687 g/mol. The summed E-state index contributed by atoms with van der Waals surface area (Å²) < 4.78 is 4.56. The summed E-state index contributed by atoms with van der Waals surface area (Å²) in [6, 6.07) is 20.8. The van der Waals surface area contributed by atoms with Crippen LogP contribution in [0, 0.1) is 5.41 Å². The zero-order valence-electron chi connectivity index (χ0n) is 30.3. The number of hydrogen-bond acceptors (Lipinski definition) is 6. The third-order valence-electron chi connectivity index (χ3n) is 9.73. The van der Waals surface area contributed by atoms with E-state index in [1.54, 1.807) is 24.3 Å². The van der Waals surface area contributed by atoms with E-state index in [0.29, 0.717) is 52.9 Å². The minimum Gasteiger partial charge on any atom is -0.382 e. The first kappa shape index (κ1) is 35.5. The van der Waals surface area contributed by atoms with Crippen LogP contribution in [0.3, 0.4) is 0 Å². The predicted octanol–water partition coefficient (Wildman–Crippen LogP) is 5.68. The molecule has 4 N–H and O–H groups in total. The molecule has 1 unspecified atom stereocenters. The number of allylic oxidation sites excluding steroid dienone is 4. The topological polar surface area (TPSA) is 113 Å². The Morgan fingerprint density at radius 3 is 1.56 bits per heavy atom. The van der Waals surface area contributed by atoms with Crippen molar-refractivity contribution in [3.63, 3.8) is 0 Å². The van der Waals surface area contributed by atoms with E-state index in [9.17, 15) is 0 Å². The van der Waals surface area contributed by atoms with Gasteiger partial charge in [0.05, 0.1) is 21.7 Å². The van der Waals surface area contributed by atoms with Gasteiger partial charge in [-0.05, 0) is 28.7 Å². The van der Waals surface area contributed by atoms with Crippen molar-refractivity contribution in [2.45, 2.75) is 46.2 Å².